The predicted octanol–water partition coefficient (Wildman–Crippen LogP) is 1.80. The lowest BCUT2D eigenvalue weighted by molar-refractivity contribution is 0.232. The van der Waals surface area contributed by atoms with Crippen molar-refractivity contribution in [1.82, 2.24) is 9.97 Å². The van der Waals surface area contributed by atoms with Crippen LogP contribution in [-0.2, 0) is 0 Å². The highest BCUT2D eigenvalue weighted by atomic mass is 16.5. The largest absolute Gasteiger partial charge is 0.474 e. The van der Waals surface area contributed by atoms with Gasteiger partial charge in [-0.2, -0.15) is 4.98 Å². The maximum atomic E-state index is 5.47. The molecule has 0 aliphatic rings. The van der Waals surface area contributed by atoms with E-state index in [0.717, 1.165) is 38.2 Å². The zero-order chi connectivity index (χ0) is 12.5. The third kappa shape index (κ3) is 6.06. The lowest BCUT2D eigenvalue weighted by atomic mass is 10.2. The van der Waals surface area contributed by atoms with Crippen molar-refractivity contribution in [2.24, 2.45) is 5.73 Å². The van der Waals surface area contributed by atoms with Crippen molar-refractivity contribution in [1.29, 1.82) is 0 Å². The molecule has 5 nitrogen and oxygen atoms in total. The van der Waals surface area contributed by atoms with Crippen molar-refractivity contribution < 1.29 is 4.74 Å². The van der Waals surface area contributed by atoms with E-state index in [1.54, 1.807) is 12.4 Å². The Bertz CT molecular complexity index is 317. The highest BCUT2D eigenvalue weighted by molar-refractivity contribution is 5.32. The van der Waals surface area contributed by atoms with Gasteiger partial charge in [0.15, 0.2) is 0 Å². The monoisotopic (exact) mass is 238 g/mol. The molecule has 5 heteroatoms. The number of ether oxygens (including phenoxy) is 1. The summed E-state index contributed by atoms with van der Waals surface area (Å²) < 4.78 is 5.47. The molecule has 96 valence electrons. The van der Waals surface area contributed by atoms with Crippen LogP contribution in [0.25, 0.3) is 0 Å². The van der Waals surface area contributed by atoms with Crippen molar-refractivity contribution in [3.8, 4) is 5.88 Å². The van der Waals surface area contributed by atoms with E-state index in [1.165, 1.54) is 0 Å². The molecule has 3 N–H and O–H groups in total. The summed E-state index contributed by atoms with van der Waals surface area (Å²) in [6.07, 6.45) is 6.75. The molecule has 0 fully saturated rings. The summed E-state index contributed by atoms with van der Waals surface area (Å²) in [6.45, 7) is 5.58. The predicted molar refractivity (Wildman–Crippen MR) is 69.2 cm³/mol. The molecule has 17 heavy (non-hydrogen) atoms. The lowest BCUT2D eigenvalue weighted by Crippen LogP contribution is -2.09. The van der Waals surface area contributed by atoms with Crippen molar-refractivity contribution in [3.63, 3.8) is 0 Å². The summed E-state index contributed by atoms with van der Waals surface area (Å²) in [5.74, 6) is 1.32. The number of nitrogens with two attached hydrogens (primary N) is 1. The molecule has 0 aliphatic heterocycles. The number of unbranched alkanes of at least 4 members (excludes halogenated alkanes) is 2. The average molecular weight is 238 g/mol. The fourth-order valence-corrected chi connectivity index (χ4v) is 1.39. The van der Waals surface area contributed by atoms with Gasteiger partial charge in [-0.15, -0.1) is 0 Å². The van der Waals surface area contributed by atoms with Crippen molar-refractivity contribution in [3.05, 3.63) is 12.4 Å². The summed E-state index contributed by atoms with van der Waals surface area (Å²) >= 11 is 0. The molecule has 0 spiro atoms. The first-order valence-corrected chi connectivity index (χ1v) is 6.15. The summed E-state index contributed by atoms with van der Waals surface area (Å²) in [6, 6.07) is 0. The second-order valence-corrected chi connectivity index (χ2v) is 4.19. The molecule has 0 unspecified atom stereocenters. The van der Waals surface area contributed by atoms with Gasteiger partial charge >= 0.3 is 0 Å². The van der Waals surface area contributed by atoms with Gasteiger partial charge < -0.3 is 15.8 Å². The molecule has 1 aromatic heterocycles. The van der Waals surface area contributed by atoms with Crippen molar-refractivity contribution >= 4 is 5.82 Å². The van der Waals surface area contributed by atoms with E-state index < -0.39 is 0 Å². The highest BCUT2D eigenvalue weighted by Crippen LogP contribution is 2.10. The topological polar surface area (TPSA) is 73.1 Å². The number of hydrogen-bond donors (Lipinski definition) is 2. The van der Waals surface area contributed by atoms with Crippen LogP contribution in [0.15, 0.2) is 12.4 Å². The zero-order valence-electron chi connectivity index (χ0n) is 10.6. The fourth-order valence-electron chi connectivity index (χ4n) is 1.39. The van der Waals surface area contributed by atoms with Crippen LogP contribution in [0.4, 0.5) is 5.82 Å². The second kappa shape index (κ2) is 7.84. The van der Waals surface area contributed by atoms with Gasteiger partial charge in [0, 0.05) is 6.54 Å². The number of hydrogen-bond acceptors (Lipinski definition) is 5. The molecular formula is C12H22N4O. The normalized spacial score (nSPS) is 10.6. The Balaban J connectivity index is 2.32. The molecule has 0 radical (unpaired) electrons. The van der Waals surface area contributed by atoms with E-state index in [0.29, 0.717) is 5.88 Å². The Labute approximate surface area is 103 Å². The fraction of sp³-hybridized carbons (Fsp3) is 0.667. The SMILES string of the molecule is CC(C)Oc1cncc(NCCCCCN)n1. The van der Waals surface area contributed by atoms with E-state index in [2.05, 4.69) is 15.3 Å². The maximum Gasteiger partial charge on any atom is 0.234 e. The van der Waals surface area contributed by atoms with Gasteiger partial charge in [-0.1, -0.05) is 6.42 Å². The van der Waals surface area contributed by atoms with Gasteiger partial charge in [-0.05, 0) is 33.2 Å². The van der Waals surface area contributed by atoms with Crippen LogP contribution in [-0.4, -0.2) is 29.2 Å². The van der Waals surface area contributed by atoms with Crippen LogP contribution in [0.5, 0.6) is 5.88 Å². The zero-order valence-corrected chi connectivity index (χ0v) is 10.6. The Kier molecular flexibility index (Phi) is 6.32. The Morgan fingerprint density at radius 1 is 1.29 bits per heavy atom. The summed E-state index contributed by atoms with van der Waals surface area (Å²) in [5, 5.41) is 3.22. The number of nitrogens with zero attached hydrogens (tertiary/aromatic N) is 2. The minimum absolute atomic E-state index is 0.115. The first-order chi connectivity index (χ1) is 8.22. The van der Waals surface area contributed by atoms with Gasteiger partial charge in [0.05, 0.1) is 18.5 Å². The third-order valence-electron chi connectivity index (χ3n) is 2.16. The quantitative estimate of drug-likeness (QED) is 0.676. The van der Waals surface area contributed by atoms with Gasteiger partial charge in [-0.3, -0.25) is 4.98 Å². The van der Waals surface area contributed by atoms with Crippen LogP contribution in [0.3, 0.4) is 0 Å². The Hall–Kier alpha value is -1.36. The van der Waals surface area contributed by atoms with Gasteiger partial charge in [0.1, 0.15) is 5.82 Å². The van der Waals surface area contributed by atoms with Crippen LogP contribution in [0, 0.1) is 0 Å². The molecular weight excluding hydrogens is 216 g/mol. The van der Waals surface area contributed by atoms with E-state index in [1.807, 2.05) is 13.8 Å². The molecule has 1 heterocycles. The first kappa shape index (κ1) is 13.7. The average Bonchev–Trinajstić information content (AvgIpc) is 2.28. The van der Waals surface area contributed by atoms with Crippen molar-refractivity contribution in [2.75, 3.05) is 18.4 Å². The van der Waals surface area contributed by atoms with E-state index >= 15 is 0 Å². The molecule has 0 aromatic carbocycles. The molecule has 0 saturated heterocycles. The molecule has 0 amide bonds. The first-order valence-electron chi connectivity index (χ1n) is 6.15. The number of aromatic nitrogens is 2. The van der Waals surface area contributed by atoms with Gasteiger partial charge in [-0.25, -0.2) is 0 Å². The van der Waals surface area contributed by atoms with Crippen molar-refractivity contribution in [2.45, 2.75) is 39.2 Å². The molecule has 0 atom stereocenters. The van der Waals surface area contributed by atoms with Gasteiger partial charge in [0.2, 0.25) is 5.88 Å². The van der Waals surface area contributed by atoms with Gasteiger partial charge in [0.25, 0.3) is 0 Å². The maximum absolute atomic E-state index is 5.47. The summed E-state index contributed by atoms with van der Waals surface area (Å²) in [7, 11) is 0. The van der Waals surface area contributed by atoms with Crippen LogP contribution in [0.2, 0.25) is 0 Å². The van der Waals surface area contributed by atoms with E-state index in [9.17, 15) is 0 Å². The lowest BCUT2D eigenvalue weighted by Gasteiger charge is -2.10. The minimum atomic E-state index is 0.115. The van der Waals surface area contributed by atoms with Crippen LogP contribution in [0.1, 0.15) is 33.1 Å². The standard InChI is InChI=1S/C12H22N4O/c1-10(2)17-12-9-14-8-11(16-12)15-7-5-3-4-6-13/h8-10H,3-7,13H2,1-2H3,(H,15,16). The smallest absolute Gasteiger partial charge is 0.234 e. The van der Waals surface area contributed by atoms with Crippen LogP contribution < -0.4 is 15.8 Å². The molecule has 0 saturated carbocycles. The third-order valence-corrected chi connectivity index (χ3v) is 2.16. The number of anilines is 1. The molecule has 1 aromatic rings. The summed E-state index contributed by atoms with van der Waals surface area (Å²) in [5.41, 5.74) is 5.43. The minimum Gasteiger partial charge on any atom is -0.474 e. The van der Waals surface area contributed by atoms with Crippen LogP contribution >= 0.6 is 0 Å². The highest BCUT2D eigenvalue weighted by Gasteiger charge is 2.01. The van der Waals surface area contributed by atoms with E-state index in [4.69, 9.17) is 10.5 Å². The number of rotatable bonds is 8. The van der Waals surface area contributed by atoms with E-state index in [-0.39, 0.29) is 6.10 Å². The second-order valence-electron chi connectivity index (χ2n) is 4.19. The molecule has 0 bridgehead atoms. The Morgan fingerprint density at radius 3 is 2.82 bits per heavy atom. The molecule has 0 aliphatic carbocycles. The number of nitrogens with one attached hydrogen (secondary N) is 1. The molecule has 1 rings (SSSR count). The summed E-state index contributed by atoms with van der Waals surface area (Å²) in [4.78, 5) is 8.39. The Morgan fingerprint density at radius 2 is 2.12 bits per heavy atom.